The molecule has 11 heteroatoms. The molecule has 0 spiro atoms. The first-order valence-corrected chi connectivity index (χ1v) is 16.9. The van der Waals surface area contributed by atoms with E-state index in [1.54, 1.807) is 14.2 Å². The van der Waals surface area contributed by atoms with Crippen LogP contribution in [0.15, 0.2) is 97.1 Å². The van der Waals surface area contributed by atoms with Crippen LogP contribution in [0, 0.1) is 0 Å². The molecule has 2 aliphatic heterocycles. The second-order valence-corrected chi connectivity index (χ2v) is 11.6. The molecular weight excluding hydrogens is 640 g/mol. The molecule has 11 nitrogen and oxygen atoms in total. The molecule has 0 saturated heterocycles. The minimum Gasteiger partial charge on any atom is -0.382 e. The number of rotatable bonds is 5. The van der Waals surface area contributed by atoms with Crippen LogP contribution in [0.2, 0.25) is 0 Å². The van der Waals surface area contributed by atoms with Crippen molar-refractivity contribution >= 4 is 44.1 Å². The highest BCUT2D eigenvalue weighted by atomic mass is 16.5. The molecule has 5 heterocycles. The van der Waals surface area contributed by atoms with Gasteiger partial charge in [-0.25, -0.2) is 29.9 Å². The van der Waals surface area contributed by atoms with E-state index in [2.05, 4.69) is 19.4 Å². The summed E-state index contributed by atoms with van der Waals surface area (Å²) in [6.45, 7) is 7.05. The van der Waals surface area contributed by atoms with Crippen molar-refractivity contribution in [3.8, 4) is 45.6 Å². The first kappa shape index (κ1) is 33.6. The first-order valence-electron chi connectivity index (χ1n) is 16.9. The molecule has 51 heavy (non-hydrogen) atoms. The van der Waals surface area contributed by atoms with Crippen LogP contribution in [0.3, 0.4) is 0 Å². The number of hydrogen-bond acceptors (Lipinski definition) is 9. The molecule has 0 fully saturated rings. The molecule has 3 aromatic heterocycles. The second kappa shape index (κ2) is 15.3. The summed E-state index contributed by atoms with van der Waals surface area (Å²) in [5.41, 5.74) is 6.45. The van der Waals surface area contributed by atoms with Gasteiger partial charge in [-0.15, -0.1) is 0 Å². The summed E-state index contributed by atoms with van der Waals surface area (Å²) in [5.74, 6) is 2.39. The zero-order chi connectivity index (χ0) is 35.2. The van der Waals surface area contributed by atoms with Crippen LogP contribution in [0.5, 0.6) is 0 Å². The Morgan fingerprint density at radius 1 is 0.412 bits per heavy atom. The van der Waals surface area contributed by atoms with Gasteiger partial charge in [-0.05, 0) is 13.8 Å². The summed E-state index contributed by atoms with van der Waals surface area (Å²) in [6, 6.07) is 32.2. The van der Waals surface area contributed by atoms with Crippen LogP contribution < -0.4 is 0 Å². The highest BCUT2D eigenvalue weighted by Crippen LogP contribution is 2.36. The van der Waals surface area contributed by atoms with Crippen LogP contribution in [-0.2, 0) is 14.2 Å². The molecule has 8 bridgehead atoms. The minimum absolute atomic E-state index is 0.597. The van der Waals surface area contributed by atoms with E-state index in [1.165, 1.54) is 0 Å². The van der Waals surface area contributed by atoms with Crippen LogP contribution in [-0.4, -0.2) is 80.5 Å². The van der Waals surface area contributed by atoms with Crippen molar-refractivity contribution < 1.29 is 14.2 Å². The number of methoxy groups -OCH3 is 2. The predicted octanol–water partition coefficient (Wildman–Crippen LogP) is 8.19. The molecule has 0 aliphatic carbocycles. The Morgan fingerprint density at radius 2 is 0.686 bits per heavy atom. The van der Waals surface area contributed by atoms with E-state index in [-0.39, 0.29) is 0 Å². The largest absolute Gasteiger partial charge is 0.382 e. The summed E-state index contributed by atoms with van der Waals surface area (Å²) < 4.78 is 14.1. The van der Waals surface area contributed by atoms with E-state index in [4.69, 9.17) is 34.6 Å². The van der Waals surface area contributed by atoms with Crippen molar-refractivity contribution in [2.75, 3.05) is 40.6 Å². The molecule has 2 N–H and O–H groups in total. The Kier molecular flexibility index (Phi) is 10.1. The van der Waals surface area contributed by atoms with Gasteiger partial charge in [-0.2, -0.15) is 0 Å². The van der Waals surface area contributed by atoms with E-state index < -0.39 is 0 Å². The van der Waals surface area contributed by atoms with Gasteiger partial charge in [0.25, 0.3) is 0 Å². The van der Waals surface area contributed by atoms with Gasteiger partial charge in [0, 0.05) is 71.2 Å². The van der Waals surface area contributed by atoms with Crippen molar-refractivity contribution in [3.63, 3.8) is 0 Å². The SMILES string of the molecule is CCOCC.COCCOC.c1ccc2c(c1)-c1nc-2nc2[nH]c(nc3nc(nc4[nH]c(n1)c1ccccc41)-c1ccccc1-3)c1ccccc21. The van der Waals surface area contributed by atoms with Gasteiger partial charge in [-0.1, -0.05) is 97.1 Å². The van der Waals surface area contributed by atoms with Gasteiger partial charge in [0.2, 0.25) is 0 Å². The van der Waals surface area contributed by atoms with E-state index in [0.717, 1.165) is 57.0 Å². The fourth-order valence-electron chi connectivity index (χ4n) is 5.96. The number of aromatic amines is 2. The van der Waals surface area contributed by atoms with Crippen LogP contribution in [0.4, 0.5) is 0 Å². The summed E-state index contributed by atoms with van der Waals surface area (Å²) in [5, 5.41) is 3.82. The molecule has 0 unspecified atom stereocenters. The van der Waals surface area contributed by atoms with E-state index in [1.807, 2.05) is 111 Å². The van der Waals surface area contributed by atoms with Gasteiger partial charge >= 0.3 is 0 Å². The lowest BCUT2D eigenvalue weighted by Crippen LogP contribution is -1.96. The van der Waals surface area contributed by atoms with Crippen molar-refractivity contribution in [1.82, 2.24) is 39.9 Å². The van der Waals surface area contributed by atoms with Gasteiger partial charge in [0.15, 0.2) is 23.3 Å². The standard InChI is InChI=1S/C32H18N8.C4H10O2.C4H10O/c1-2-10-18-17(9-1)25-33-26(18)38-28-21-13-5-6-14-22(21)30(35-28)40-32-24-16-8-7-15-23(24)31(36-32)39-29-20-12-4-3-11-19(20)27(34-29)37-25;1-5-3-4-6-2;1-3-5-4-2/h1-16H,(H2,33,34,35,36,37,38,39,40);3-4H2,1-2H3;3-4H2,1-2H3. The Labute approximate surface area is 294 Å². The predicted molar refractivity (Wildman–Crippen MR) is 202 cm³/mol. The zero-order valence-electron chi connectivity index (χ0n) is 29.0. The molecule has 0 radical (unpaired) electrons. The third kappa shape index (κ3) is 6.82. The lowest BCUT2D eigenvalue weighted by molar-refractivity contribution is 0.103. The topological polar surface area (TPSA) is 137 Å². The van der Waals surface area contributed by atoms with Crippen LogP contribution in [0.25, 0.3) is 89.7 Å². The third-order valence-electron chi connectivity index (χ3n) is 8.36. The Morgan fingerprint density at radius 3 is 0.922 bits per heavy atom. The average Bonchev–Trinajstić information content (AvgIpc) is 3.91. The number of nitrogens with zero attached hydrogens (tertiary/aromatic N) is 6. The van der Waals surface area contributed by atoms with E-state index in [9.17, 15) is 0 Å². The molecule has 7 aromatic rings. The molecule has 0 amide bonds. The first-order chi connectivity index (χ1) is 25.1. The summed E-state index contributed by atoms with van der Waals surface area (Å²) in [7, 11) is 3.30. The smallest absolute Gasteiger partial charge is 0.164 e. The van der Waals surface area contributed by atoms with Crippen molar-refractivity contribution in [1.29, 1.82) is 0 Å². The molecule has 2 aliphatic rings. The number of ether oxygens (including phenoxy) is 3. The Hall–Kier alpha value is -5.88. The maximum atomic E-state index is 5.02. The normalized spacial score (nSPS) is 11.3. The van der Waals surface area contributed by atoms with Gasteiger partial charge in [0.05, 0.1) is 13.2 Å². The number of aromatic nitrogens is 8. The maximum Gasteiger partial charge on any atom is 0.164 e. The summed E-state index contributed by atoms with van der Waals surface area (Å²) in [6.07, 6.45) is 0. The fraction of sp³-hybridized carbons (Fsp3) is 0.200. The Balaban J connectivity index is 0.000000325. The van der Waals surface area contributed by atoms with Gasteiger partial charge in [0.1, 0.15) is 22.6 Å². The number of H-pyrrole nitrogens is 2. The van der Waals surface area contributed by atoms with Crippen LogP contribution in [0.1, 0.15) is 13.8 Å². The van der Waals surface area contributed by atoms with Crippen molar-refractivity contribution in [2.45, 2.75) is 13.8 Å². The molecule has 0 saturated carbocycles. The lowest BCUT2D eigenvalue weighted by Gasteiger charge is -1.96. The maximum absolute atomic E-state index is 5.02. The number of hydrogen-bond donors (Lipinski definition) is 2. The highest BCUT2D eigenvalue weighted by Gasteiger charge is 2.21. The molecule has 0 atom stereocenters. The van der Waals surface area contributed by atoms with Crippen LogP contribution >= 0.6 is 0 Å². The minimum atomic E-state index is 0.597. The number of nitrogens with one attached hydrogen (secondary N) is 2. The van der Waals surface area contributed by atoms with E-state index >= 15 is 0 Å². The lowest BCUT2D eigenvalue weighted by atomic mass is 10.1. The number of fused-ring (bicyclic) bond motifs is 20. The van der Waals surface area contributed by atoms with Gasteiger partial charge < -0.3 is 24.2 Å². The van der Waals surface area contributed by atoms with Gasteiger partial charge in [-0.3, -0.25) is 0 Å². The van der Waals surface area contributed by atoms with E-state index in [0.29, 0.717) is 59.1 Å². The van der Waals surface area contributed by atoms with Crippen molar-refractivity contribution in [2.24, 2.45) is 0 Å². The monoisotopic (exact) mass is 678 g/mol. The molecule has 256 valence electrons. The quantitative estimate of drug-likeness (QED) is 0.173. The highest BCUT2D eigenvalue weighted by molar-refractivity contribution is 6.06. The Bertz CT molecular complexity index is 2160. The third-order valence-corrected chi connectivity index (χ3v) is 8.36. The van der Waals surface area contributed by atoms with Crippen molar-refractivity contribution in [3.05, 3.63) is 97.1 Å². The molecule has 9 rings (SSSR count). The fourth-order valence-corrected chi connectivity index (χ4v) is 5.96. The summed E-state index contributed by atoms with van der Waals surface area (Å²) >= 11 is 0. The zero-order valence-corrected chi connectivity index (χ0v) is 29.0. The summed E-state index contributed by atoms with van der Waals surface area (Å²) in [4.78, 5) is 36.8. The molecule has 4 aromatic carbocycles. The molecular formula is C40H38N8O3. The average molecular weight is 679 g/mol. The number of benzene rings is 4. The second-order valence-electron chi connectivity index (χ2n) is 11.6.